The van der Waals surface area contributed by atoms with Crippen molar-refractivity contribution in [1.29, 1.82) is 0 Å². The third-order valence-electron chi connectivity index (χ3n) is 5.89. The molecule has 33 heavy (non-hydrogen) atoms. The van der Waals surface area contributed by atoms with E-state index in [9.17, 15) is 4.79 Å². The molecule has 0 unspecified atom stereocenters. The molecule has 0 radical (unpaired) electrons. The second-order valence-corrected chi connectivity index (χ2v) is 9.01. The van der Waals surface area contributed by atoms with Gasteiger partial charge in [-0.1, -0.05) is 90.0 Å². The molecule has 4 nitrogen and oxygen atoms in total. The largest absolute Gasteiger partial charge is 0.494 e. The van der Waals surface area contributed by atoms with Crippen LogP contribution in [0.1, 0.15) is 94.7 Å². The van der Waals surface area contributed by atoms with Crippen molar-refractivity contribution in [2.45, 2.75) is 78.1 Å². The molecule has 0 N–H and O–H groups in total. The van der Waals surface area contributed by atoms with Crippen LogP contribution >= 0.6 is 0 Å². The van der Waals surface area contributed by atoms with Crippen molar-refractivity contribution in [3.05, 3.63) is 70.9 Å². The van der Waals surface area contributed by atoms with Gasteiger partial charge in [-0.25, -0.2) is 9.79 Å². The third-order valence-corrected chi connectivity index (χ3v) is 5.89. The Bertz CT molecular complexity index is 940. The van der Waals surface area contributed by atoms with Gasteiger partial charge in [0, 0.05) is 5.56 Å². The van der Waals surface area contributed by atoms with Crippen LogP contribution in [0.3, 0.4) is 0 Å². The topological polar surface area (TPSA) is 47.9 Å². The quantitative estimate of drug-likeness (QED) is 0.180. The minimum atomic E-state index is -0.423. The molecule has 0 aliphatic carbocycles. The number of ether oxygens (including phenoxy) is 2. The summed E-state index contributed by atoms with van der Waals surface area (Å²) in [5, 5.41) is 0. The Morgan fingerprint density at radius 3 is 2.15 bits per heavy atom. The highest BCUT2D eigenvalue weighted by atomic mass is 16.6. The number of cyclic esters (lactones) is 1. The zero-order valence-corrected chi connectivity index (χ0v) is 20.3. The molecule has 176 valence electrons. The first-order valence-electron chi connectivity index (χ1n) is 12.4. The third kappa shape index (κ3) is 7.88. The maximum absolute atomic E-state index is 12.3. The van der Waals surface area contributed by atoms with E-state index < -0.39 is 5.97 Å². The fraction of sp³-hybridized carbons (Fsp3) is 0.448. The molecule has 1 aliphatic heterocycles. The monoisotopic (exact) mass is 447 g/mol. The average molecular weight is 448 g/mol. The van der Waals surface area contributed by atoms with Crippen LogP contribution in [0.2, 0.25) is 0 Å². The lowest BCUT2D eigenvalue weighted by atomic mass is 10.0. The molecule has 0 atom stereocenters. The van der Waals surface area contributed by atoms with Crippen LogP contribution in [0.5, 0.6) is 5.75 Å². The molecule has 2 aromatic carbocycles. The van der Waals surface area contributed by atoms with E-state index in [1.807, 2.05) is 36.4 Å². The highest BCUT2D eigenvalue weighted by molar-refractivity contribution is 6.12. The number of carbonyl (C=O) groups is 1. The molecule has 0 aromatic heterocycles. The van der Waals surface area contributed by atoms with Gasteiger partial charge in [-0.2, -0.15) is 0 Å². The summed E-state index contributed by atoms with van der Waals surface area (Å²) in [5.41, 5.74) is 3.28. The second kappa shape index (κ2) is 13.0. The maximum atomic E-state index is 12.3. The Hall–Kier alpha value is -2.88. The van der Waals surface area contributed by atoms with Gasteiger partial charge >= 0.3 is 5.97 Å². The number of rotatable bonds is 13. The van der Waals surface area contributed by atoms with Crippen molar-refractivity contribution in [3.63, 3.8) is 0 Å². The fourth-order valence-electron chi connectivity index (χ4n) is 3.79. The minimum absolute atomic E-state index is 0.317. The summed E-state index contributed by atoms with van der Waals surface area (Å²) in [5.74, 6) is 1.21. The number of unbranched alkanes of at least 4 members (excludes halogenated alkanes) is 7. The first-order valence-corrected chi connectivity index (χ1v) is 12.4. The molecular formula is C29H37NO3. The summed E-state index contributed by atoms with van der Waals surface area (Å²) in [7, 11) is 0. The van der Waals surface area contributed by atoms with Crippen molar-refractivity contribution in [1.82, 2.24) is 0 Å². The van der Waals surface area contributed by atoms with Gasteiger partial charge in [-0.15, -0.1) is 0 Å². The first-order chi connectivity index (χ1) is 16.1. The number of benzene rings is 2. The summed E-state index contributed by atoms with van der Waals surface area (Å²) < 4.78 is 11.3. The number of aliphatic imine (C=N–C) groups is 1. The Morgan fingerprint density at radius 1 is 0.879 bits per heavy atom. The molecule has 0 bridgehead atoms. The van der Waals surface area contributed by atoms with E-state index in [2.05, 4.69) is 37.9 Å². The lowest BCUT2D eigenvalue weighted by Crippen LogP contribution is -2.05. The number of esters is 1. The molecule has 0 fully saturated rings. The average Bonchev–Trinajstić information content (AvgIpc) is 3.18. The molecule has 3 rings (SSSR count). The van der Waals surface area contributed by atoms with Crippen LogP contribution in [0, 0.1) is 0 Å². The Balaban J connectivity index is 1.47. The van der Waals surface area contributed by atoms with Crippen molar-refractivity contribution in [2.75, 3.05) is 6.61 Å². The minimum Gasteiger partial charge on any atom is -0.494 e. The van der Waals surface area contributed by atoms with E-state index in [-0.39, 0.29) is 0 Å². The number of carbonyl (C=O) groups excluding carboxylic acids is 1. The van der Waals surface area contributed by atoms with Crippen LogP contribution < -0.4 is 4.74 Å². The van der Waals surface area contributed by atoms with Crippen molar-refractivity contribution in [3.8, 4) is 5.75 Å². The Labute approximate surface area is 198 Å². The zero-order valence-electron chi connectivity index (χ0n) is 20.3. The van der Waals surface area contributed by atoms with Gasteiger partial charge in [0.25, 0.3) is 0 Å². The lowest BCUT2D eigenvalue weighted by molar-refractivity contribution is -0.129. The predicted molar refractivity (Wildman–Crippen MR) is 136 cm³/mol. The first kappa shape index (κ1) is 24.8. The summed E-state index contributed by atoms with van der Waals surface area (Å²) in [6.45, 7) is 7.29. The van der Waals surface area contributed by atoms with Crippen LogP contribution in [-0.4, -0.2) is 18.5 Å². The van der Waals surface area contributed by atoms with Crippen LogP contribution in [0.25, 0.3) is 6.08 Å². The van der Waals surface area contributed by atoms with Crippen LogP contribution in [-0.2, 0) is 9.53 Å². The highest BCUT2D eigenvalue weighted by Crippen LogP contribution is 2.22. The van der Waals surface area contributed by atoms with E-state index in [0.717, 1.165) is 29.9 Å². The number of nitrogens with zero attached hydrogens (tertiary/aromatic N) is 1. The predicted octanol–water partition coefficient (Wildman–Crippen LogP) is 7.67. The van der Waals surface area contributed by atoms with Gasteiger partial charge in [-0.3, -0.25) is 0 Å². The summed E-state index contributed by atoms with van der Waals surface area (Å²) in [6, 6.07) is 15.7. The SMILES string of the molecule is CCCCCCCCCCOc1ccc(C2=N/C(=C\c3ccc(C(C)C)cc3)C(=O)O2)cc1. The Morgan fingerprint density at radius 2 is 1.52 bits per heavy atom. The van der Waals surface area contributed by atoms with Crippen LogP contribution in [0.15, 0.2) is 59.2 Å². The molecule has 1 aliphatic rings. The van der Waals surface area contributed by atoms with Gasteiger partial charge in [0.05, 0.1) is 6.61 Å². The summed E-state index contributed by atoms with van der Waals surface area (Å²) in [6.07, 6.45) is 12.0. The van der Waals surface area contributed by atoms with E-state index >= 15 is 0 Å². The molecule has 2 aromatic rings. The van der Waals surface area contributed by atoms with Crippen molar-refractivity contribution < 1.29 is 14.3 Å². The molecule has 4 heteroatoms. The maximum Gasteiger partial charge on any atom is 0.363 e. The molecule has 0 saturated carbocycles. The molecule has 1 heterocycles. The van der Waals surface area contributed by atoms with E-state index in [0.29, 0.717) is 17.5 Å². The molecule has 0 saturated heterocycles. The smallest absolute Gasteiger partial charge is 0.363 e. The van der Waals surface area contributed by atoms with E-state index in [1.165, 1.54) is 50.5 Å². The van der Waals surface area contributed by atoms with Gasteiger partial charge in [-0.05, 0) is 53.8 Å². The van der Waals surface area contributed by atoms with Crippen LogP contribution in [0.4, 0.5) is 0 Å². The zero-order chi connectivity index (χ0) is 23.5. The van der Waals surface area contributed by atoms with Gasteiger partial charge < -0.3 is 9.47 Å². The van der Waals surface area contributed by atoms with E-state index in [4.69, 9.17) is 9.47 Å². The number of hydrogen-bond donors (Lipinski definition) is 0. The number of hydrogen-bond acceptors (Lipinski definition) is 4. The highest BCUT2D eigenvalue weighted by Gasteiger charge is 2.24. The second-order valence-electron chi connectivity index (χ2n) is 9.01. The standard InChI is InChI=1S/C29H37NO3/c1-4-5-6-7-8-9-10-11-20-32-26-18-16-25(17-19-26)28-30-27(29(31)33-28)21-23-12-14-24(15-13-23)22(2)3/h12-19,21-22H,4-11,20H2,1-3H3/b27-21-. The van der Waals surface area contributed by atoms with Gasteiger partial charge in [0.1, 0.15) is 5.75 Å². The van der Waals surface area contributed by atoms with Crippen molar-refractivity contribution >= 4 is 17.9 Å². The molecule has 0 spiro atoms. The van der Waals surface area contributed by atoms with Crippen molar-refractivity contribution in [2.24, 2.45) is 4.99 Å². The summed E-state index contributed by atoms with van der Waals surface area (Å²) in [4.78, 5) is 16.7. The fourth-order valence-corrected chi connectivity index (χ4v) is 3.79. The summed E-state index contributed by atoms with van der Waals surface area (Å²) >= 11 is 0. The van der Waals surface area contributed by atoms with E-state index in [1.54, 1.807) is 6.08 Å². The lowest BCUT2D eigenvalue weighted by Gasteiger charge is -2.07. The van der Waals surface area contributed by atoms with Gasteiger partial charge in [0.2, 0.25) is 5.90 Å². The molecule has 0 amide bonds. The normalized spacial score (nSPS) is 14.6. The van der Waals surface area contributed by atoms with Gasteiger partial charge in [0.15, 0.2) is 5.70 Å². The molecular weight excluding hydrogens is 410 g/mol. The Kier molecular flexibility index (Phi) is 9.74.